The van der Waals surface area contributed by atoms with Crippen LogP contribution in [-0.2, 0) is 21.2 Å². The van der Waals surface area contributed by atoms with Gasteiger partial charge in [-0.05, 0) is 18.8 Å². The summed E-state index contributed by atoms with van der Waals surface area (Å²) in [7, 11) is -3.04. The number of aromatic nitrogens is 1. The summed E-state index contributed by atoms with van der Waals surface area (Å²) >= 11 is 0. The molecule has 2 aliphatic heterocycles. The van der Waals surface area contributed by atoms with Gasteiger partial charge in [-0.25, -0.2) is 13.4 Å². The Morgan fingerprint density at radius 1 is 1.31 bits per heavy atom. The summed E-state index contributed by atoms with van der Waals surface area (Å²) in [6, 6.07) is 0.227. The maximum absolute atomic E-state index is 12.3. The molecule has 0 aliphatic carbocycles. The number of hydrogen-bond donors (Lipinski definition) is 0. The Morgan fingerprint density at radius 3 is 2.62 bits per heavy atom. The van der Waals surface area contributed by atoms with Gasteiger partial charge in [0.05, 0.1) is 11.4 Å². The Bertz CT molecular complexity index is 735. The maximum atomic E-state index is 12.3. The molecule has 8 heteroatoms. The fourth-order valence-electron chi connectivity index (χ4n) is 4.17. The summed E-state index contributed by atoms with van der Waals surface area (Å²) in [5, 5.41) is 0. The van der Waals surface area contributed by atoms with Crippen LogP contribution in [0.2, 0.25) is 0 Å². The number of hydrogen-bond acceptors (Lipinski definition) is 6. The molecule has 1 aromatic heterocycles. The van der Waals surface area contributed by atoms with Crippen LogP contribution < -0.4 is 0 Å². The fraction of sp³-hybridized carbons (Fsp3) is 0.778. The number of nitrogens with zero attached hydrogens (tertiary/aromatic N) is 3. The summed E-state index contributed by atoms with van der Waals surface area (Å²) in [6.45, 7) is 7.38. The third-order valence-corrected chi connectivity index (χ3v) is 6.42. The Hall–Kier alpha value is -1.41. The lowest BCUT2D eigenvalue weighted by Crippen LogP contribution is -2.45. The normalized spacial score (nSPS) is 23.3. The molecular weight excluding hydrogens is 354 g/mol. The first kappa shape index (κ1) is 19.4. The lowest BCUT2D eigenvalue weighted by atomic mass is 10.0. The highest BCUT2D eigenvalue weighted by molar-refractivity contribution is 7.90. The van der Waals surface area contributed by atoms with Crippen LogP contribution in [0.25, 0.3) is 0 Å². The molecule has 146 valence electrons. The third-order valence-electron chi connectivity index (χ3n) is 5.35. The number of carbonyl (C=O) groups excluding carboxylic acids is 1. The second kappa shape index (κ2) is 7.68. The number of oxazole rings is 1. The molecule has 1 atom stereocenters. The van der Waals surface area contributed by atoms with Crippen molar-refractivity contribution in [1.29, 1.82) is 0 Å². The first-order valence-electron chi connectivity index (χ1n) is 9.34. The lowest BCUT2D eigenvalue weighted by molar-refractivity contribution is -0.130. The van der Waals surface area contributed by atoms with Crippen molar-refractivity contribution in [3.8, 4) is 0 Å². The minimum Gasteiger partial charge on any atom is -0.448 e. The highest BCUT2D eigenvalue weighted by Crippen LogP contribution is 2.27. The number of piperidine rings is 1. The zero-order valence-electron chi connectivity index (χ0n) is 15.8. The minimum atomic E-state index is -3.04. The van der Waals surface area contributed by atoms with Gasteiger partial charge in [0.1, 0.15) is 15.6 Å². The van der Waals surface area contributed by atoms with Crippen molar-refractivity contribution in [3.63, 3.8) is 0 Å². The zero-order valence-corrected chi connectivity index (χ0v) is 16.7. The summed E-state index contributed by atoms with van der Waals surface area (Å²) in [4.78, 5) is 21.0. The topological polar surface area (TPSA) is 83.7 Å². The van der Waals surface area contributed by atoms with E-state index in [0.29, 0.717) is 18.9 Å². The molecular formula is C18H29N3O4S. The van der Waals surface area contributed by atoms with E-state index in [1.807, 2.05) is 4.90 Å². The molecule has 0 radical (unpaired) electrons. The molecule has 0 spiro atoms. The molecule has 1 amide bonds. The predicted molar refractivity (Wildman–Crippen MR) is 98.4 cm³/mol. The number of amides is 1. The first-order valence-corrected chi connectivity index (χ1v) is 11.4. The fourth-order valence-corrected chi connectivity index (χ4v) is 5.25. The second-order valence-corrected chi connectivity index (χ2v) is 10.2. The number of sulfone groups is 1. The summed E-state index contributed by atoms with van der Waals surface area (Å²) in [6.07, 6.45) is 4.97. The average molecular weight is 384 g/mol. The van der Waals surface area contributed by atoms with Crippen LogP contribution >= 0.6 is 0 Å². The van der Waals surface area contributed by atoms with E-state index in [2.05, 4.69) is 23.7 Å². The summed E-state index contributed by atoms with van der Waals surface area (Å²) in [5.74, 6) is 1.43. The largest absolute Gasteiger partial charge is 0.448 e. The van der Waals surface area contributed by atoms with E-state index in [-0.39, 0.29) is 23.6 Å². The van der Waals surface area contributed by atoms with Gasteiger partial charge in [-0.1, -0.05) is 13.8 Å². The molecule has 0 bridgehead atoms. The van der Waals surface area contributed by atoms with Gasteiger partial charge >= 0.3 is 0 Å². The Kier molecular flexibility index (Phi) is 5.72. The zero-order chi connectivity index (χ0) is 18.9. The molecule has 2 aliphatic rings. The van der Waals surface area contributed by atoms with Crippen LogP contribution in [0.5, 0.6) is 0 Å². The smallest absolute Gasteiger partial charge is 0.223 e. The SMILES string of the molecule is CC(C)c1ocnc1CN1CCC(N2CC(CS(C)(=O)=O)CC2=O)CC1. The minimum absolute atomic E-state index is 0.0562. The van der Waals surface area contributed by atoms with Crippen molar-refractivity contribution in [2.45, 2.75) is 51.6 Å². The molecule has 0 saturated carbocycles. The van der Waals surface area contributed by atoms with Crippen LogP contribution in [0, 0.1) is 5.92 Å². The predicted octanol–water partition coefficient (Wildman–Crippen LogP) is 1.66. The molecule has 3 heterocycles. The monoisotopic (exact) mass is 383 g/mol. The molecule has 2 saturated heterocycles. The van der Waals surface area contributed by atoms with E-state index in [1.54, 1.807) is 0 Å². The van der Waals surface area contributed by atoms with Crippen molar-refractivity contribution < 1.29 is 17.6 Å². The van der Waals surface area contributed by atoms with Crippen molar-refractivity contribution in [3.05, 3.63) is 17.8 Å². The summed E-state index contributed by atoms with van der Waals surface area (Å²) in [5.41, 5.74) is 1.00. The number of rotatable bonds is 6. The van der Waals surface area contributed by atoms with Gasteiger partial charge < -0.3 is 9.32 Å². The highest BCUT2D eigenvalue weighted by Gasteiger charge is 2.37. The van der Waals surface area contributed by atoms with Gasteiger partial charge in [-0.15, -0.1) is 0 Å². The molecule has 3 rings (SSSR count). The third kappa shape index (κ3) is 4.65. The van der Waals surface area contributed by atoms with Gasteiger partial charge in [0.2, 0.25) is 5.91 Å². The van der Waals surface area contributed by atoms with Crippen LogP contribution in [-0.4, -0.2) is 66.8 Å². The van der Waals surface area contributed by atoms with E-state index in [9.17, 15) is 13.2 Å². The molecule has 0 N–H and O–H groups in total. The first-order chi connectivity index (χ1) is 12.2. The standard InChI is InChI=1S/C18H29N3O4S/c1-13(2)18-16(19-12-25-18)10-20-6-4-15(5-7-20)21-9-14(8-17(21)22)11-26(3,23)24/h12-15H,4-11H2,1-3H3. The van der Waals surface area contributed by atoms with Crippen LogP contribution in [0.1, 0.15) is 50.5 Å². The Balaban J connectivity index is 1.52. The van der Waals surface area contributed by atoms with Crippen molar-refractivity contribution in [2.24, 2.45) is 5.92 Å². The molecule has 1 unspecified atom stereocenters. The quantitative estimate of drug-likeness (QED) is 0.743. The Morgan fingerprint density at radius 2 is 2.00 bits per heavy atom. The van der Waals surface area contributed by atoms with E-state index in [0.717, 1.165) is 43.9 Å². The van der Waals surface area contributed by atoms with Crippen molar-refractivity contribution in [1.82, 2.24) is 14.8 Å². The number of carbonyl (C=O) groups is 1. The average Bonchev–Trinajstić information content (AvgIpc) is 3.13. The van der Waals surface area contributed by atoms with Crippen molar-refractivity contribution >= 4 is 15.7 Å². The Labute approximate surface area is 155 Å². The molecule has 26 heavy (non-hydrogen) atoms. The molecule has 0 aromatic carbocycles. The second-order valence-electron chi connectivity index (χ2n) is 8.03. The highest BCUT2D eigenvalue weighted by atomic mass is 32.2. The van der Waals surface area contributed by atoms with E-state index >= 15 is 0 Å². The van der Waals surface area contributed by atoms with Gasteiger partial charge in [0.15, 0.2) is 6.39 Å². The van der Waals surface area contributed by atoms with Crippen molar-refractivity contribution in [2.75, 3.05) is 31.6 Å². The van der Waals surface area contributed by atoms with Crippen LogP contribution in [0.4, 0.5) is 0 Å². The molecule has 7 nitrogen and oxygen atoms in total. The van der Waals surface area contributed by atoms with Crippen LogP contribution in [0.15, 0.2) is 10.8 Å². The number of likely N-dealkylation sites (tertiary alicyclic amines) is 2. The van der Waals surface area contributed by atoms with Crippen LogP contribution in [0.3, 0.4) is 0 Å². The molecule has 1 aromatic rings. The van der Waals surface area contributed by atoms with E-state index in [1.165, 1.54) is 12.6 Å². The van der Waals surface area contributed by atoms with E-state index in [4.69, 9.17) is 4.42 Å². The van der Waals surface area contributed by atoms with Gasteiger partial charge in [-0.2, -0.15) is 0 Å². The van der Waals surface area contributed by atoms with E-state index < -0.39 is 9.84 Å². The van der Waals surface area contributed by atoms with Gasteiger partial charge in [0, 0.05) is 50.8 Å². The maximum Gasteiger partial charge on any atom is 0.223 e. The summed E-state index contributed by atoms with van der Waals surface area (Å²) < 4.78 is 28.5. The van der Waals surface area contributed by atoms with Gasteiger partial charge in [-0.3, -0.25) is 9.69 Å². The lowest BCUT2D eigenvalue weighted by Gasteiger charge is -2.36. The van der Waals surface area contributed by atoms with Gasteiger partial charge in [0.25, 0.3) is 0 Å². The molecule has 2 fully saturated rings.